The molecule has 0 aromatic carbocycles. The summed E-state index contributed by atoms with van der Waals surface area (Å²) in [4.78, 5) is 20.3. The van der Waals surface area contributed by atoms with Gasteiger partial charge in [-0.3, -0.25) is 4.79 Å². The van der Waals surface area contributed by atoms with Gasteiger partial charge in [0, 0.05) is 24.5 Å². The molecule has 21 heavy (non-hydrogen) atoms. The summed E-state index contributed by atoms with van der Waals surface area (Å²) in [6.07, 6.45) is 7.38. The van der Waals surface area contributed by atoms with E-state index in [0.29, 0.717) is 6.04 Å². The third-order valence-electron chi connectivity index (χ3n) is 3.91. The Balaban J connectivity index is 1.61. The van der Waals surface area contributed by atoms with Crippen LogP contribution in [0.1, 0.15) is 37.5 Å². The molecule has 6 nitrogen and oxygen atoms in total. The third-order valence-corrected chi connectivity index (χ3v) is 3.91. The lowest BCUT2D eigenvalue weighted by Crippen LogP contribution is -2.33. The summed E-state index contributed by atoms with van der Waals surface area (Å²) in [6, 6.07) is 5.76. The van der Waals surface area contributed by atoms with Gasteiger partial charge in [-0.05, 0) is 44.7 Å². The van der Waals surface area contributed by atoms with Crippen molar-refractivity contribution in [1.29, 1.82) is 0 Å². The van der Waals surface area contributed by atoms with Crippen LogP contribution in [0.3, 0.4) is 0 Å². The Morgan fingerprint density at radius 2 is 2.00 bits per heavy atom. The van der Waals surface area contributed by atoms with E-state index < -0.39 is 0 Å². The average Bonchev–Trinajstić information content (AvgIpc) is 2.49. The maximum Gasteiger partial charge on any atom is 0.266 e. The molecule has 1 fully saturated rings. The highest BCUT2D eigenvalue weighted by atomic mass is 16.1. The monoisotopic (exact) mass is 285 g/mol. The molecule has 1 aliphatic rings. The summed E-state index contributed by atoms with van der Waals surface area (Å²) >= 11 is 0. The number of hydrogen-bond acceptors (Lipinski definition) is 5. The van der Waals surface area contributed by atoms with Crippen molar-refractivity contribution >= 4 is 5.82 Å². The Morgan fingerprint density at radius 3 is 2.71 bits per heavy atom. The standard InChI is InChI=1S/C15H19N5O/c1-11-16-10-8-14(18-11)19-12-4-6-13(7-5-12)20-15(21)3-2-9-17-20/h2-3,8-10,12-13H,4-7H2,1H3,(H,16,18,19). The van der Waals surface area contributed by atoms with Gasteiger partial charge in [0.1, 0.15) is 11.6 Å². The molecule has 0 aliphatic heterocycles. The molecule has 2 aromatic rings. The van der Waals surface area contributed by atoms with E-state index in [2.05, 4.69) is 20.4 Å². The quantitative estimate of drug-likeness (QED) is 0.933. The summed E-state index contributed by atoms with van der Waals surface area (Å²) in [7, 11) is 0. The molecule has 0 bridgehead atoms. The lowest BCUT2D eigenvalue weighted by Gasteiger charge is -2.29. The molecule has 110 valence electrons. The number of rotatable bonds is 3. The van der Waals surface area contributed by atoms with E-state index in [9.17, 15) is 4.79 Å². The van der Waals surface area contributed by atoms with E-state index in [-0.39, 0.29) is 11.6 Å². The van der Waals surface area contributed by atoms with Crippen LogP contribution >= 0.6 is 0 Å². The van der Waals surface area contributed by atoms with E-state index >= 15 is 0 Å². The average molecular weight is 285 g/mol. The van der Waals surface area contributed by atoms with Crippen molar-refractivity contribution in [3.05, 3.63) is 46.8 Å². The van der Waals surface area contributed by atoms with Gasteiger partial charge in [-0.25, -0.2) is 14.6 Å². The Hall–Kier alpha value is -2.24. The minimum atomic E-state index is -0.0136. The number of aryl methyl sites for hydroxylation is 1. The lowest BCUT2D eigenvalue weighted by molar-refractivity contribution is 0.303. The Bertz CT molecular complexity index is 661. The predicted molar refractivity (Wildman–Crippen MR) is 80.2 cm³/mol. The number of nitrogens with one attached hydrogen (secondary N) is 1. The second kappa shape index (κ2) is 6.03. The summed E-state index contributed by atoms with van der Waals surface area (Å²) < 4.78 is 1.62. The zero-order valence-corrected chi connectivity index (χ0v) is 12.1. The number of aromatic nitrogens is 4. The minimum Gasteiger partial charge on any atom is -0.367 e. The third kappa shape index (κ3) is 3.26. The molecule has 0 radical (unpaired) electrons. The van der Waals surface area contributed by atoms with Crippen LogP contribution in [-0.2, 0) is 0 Å². The zero-order valence-electron chi connectivity index (χ0n) is 12.1. The smallest absolute Gasteiger partial charge is 0.266 e. The van der Waals surface area contributed by atoms with E-state index in [1.807, 2.05) is 13.0 Å². The van der Waals surface area contributed by atoms with Crippen LogP contribution in [0, 0.1) is 6.92 Å². The molecule has 0 amide bonds. The van der Waals surface area contributed by atoms with Crippen molar-refractivity contribution in [1.82, 2.24) is 19.7 Å². The highest BCUT2D eigenvalue weighted by molar-refractivity contribution is 5.34. The normalized spacial score (nSPS) is 22.0. The van der Waals surface area contributed by atoms with Crippen molar-refractivity contribution in [3.63, 3.8) is 0 Å². The largest absolute Gasteiger partial charge is 0.367 e. The Labute approximate surface area is 123 Å². The highest BCUT2D eigenvalue weighted by Gasteiger charge is 2.23. The van der Waals surface area contributed by atoms with Crippen molar-refractivity contribution in [2.75, 3.05) is 5.32 Å². The second-order valence-electron chi connectivity index (χ2n) is 5.45. The molecule has 0 saturated heterocycles. The van der Waals surface area contributed by atoms with E-state index in [4.69, 9.17) is 0 Å². The fourth-order valence-corrected chi connectivity index (χ4v) is 2.85. The molecule has 2 heterocycles. The first-order valence-electron chi connectivity index (χ1n) is 7.32. The van der Waals surface area contributed by atoms with Crippen LogP contribution in [-0.4, -0.2) is 25.8 Å². The van der Waals surface area contributed by atoms with Gasteiger partial charge in [0.2, 0.25) is 0 Å². The van der Waals surface area contributed by atoms with Crippen LogP contribution in [0.15, 0.2) is 35.4 Å². The zero-order chi connectivity index (χ0) is 14.7. The molecule has 1 N–H and O–H groups in total. The van der Waals surface area contributed by atoms with Crippen LogP contribution < -0.4 is 10.9 Å². The first-order valence-corrected chi connectivity index (χ1v) is 7.32. The lowest BCUT2D eigenvalue weighted by atomic mass is 9.91. The van der Waals surface area contributed by atoms with Crippen molar-refractivity contribution in [3.8, 4) is 0 Å². The summed E-state index contributed by atoms with van der Waals surface area (Å²) in [6.45, 7) is 1.88. The Morgan fingerprint density at radius 1 is 1.19 bits per heavy atom. The van der Waals surface area contributed by atoms with Crippen molar-refractivity contribution < 1.29 is 0 Å². The summed E-state index contributed by atoms with van der Waals surface area (Å²) in [5.41, 5.74) is -0.0136. The predicted octanol–water partition coefficient (Wildman–Crippen LogP) is 1.94. The van der Waals surface area contributed by atoms with Crippen molar-refractivity contribution in [2.45, 2.75) is 44.7 Å². The highest BCUT2D eigenvalue weighted by Crippen LogP contribution is 2.28. The molecule has 3 rings (SSSR count). The van der Waals surface area contributed by atoms with E-state index in [0.717, 1.165) is 37.3 Å². The van der Waals surface area contributed by atoms with E-state index in [1.165, 1.54) is 0 Å². The molecular weight excluding hydrogens is 266 g/mol. The van der Waals surface area contributed by atoms with Crippen LogP contribution in [0.4, 0.5) is 5.82 Å². The SMILES string of the molecule is Cc1nccc(NC2CCC(n3ncccc3=O)CC2)n1. The second-order valence-corrected chi connectivity index (χ2v) is 5.45. The molecule has 2 aromatic heterocycles. The fourth-order valence-electron chi connectivity index (χ4n) is 2.85. The maximum absolute atomic E-state index is 11.8. The van der Waals surface area contributed by atoms with Gasteiger partial charge in [0.25, 0.3) is 5.56 Å². The summed E-state index contributed by atoms with van der Waals surface area (Å²) in [5, 5.41) is 7.64. The first-order chi connectivity index (χ1) is 10.2. The molecular formula is C15H19N5O. The number of hydrogen-bond donors (Lipinski definition) is 1. The van der Waals surface area contributed by atoms with Gasteiger partial charge in [-0.15, -0.1) is 0 Å². The van der Waals surface area contributed by atoms with Crippen molar-refractivity contribution in [2.24, 2.45) is 0 Å². The molecule has 0 atom stereocenters. The number of anilines is 1. The topological polar surface area (TPSA) is 72.7 Å². The first kappa shape index (κ1) is 13.7. The van der Waals surface area contributed by atoms with Crippen LogP contribution in [0.5, 0.6) is 0 Å². The molecule has 0 unspecified atom stereocenters. The van der Waals surface area contributed by atoms with E-state index in [1.54, 1.807) is 29.2 Å². The minimum absolute atomic E-state index is 0.0136. The molecule has 6 heteroatoms. The van der Waals surface area contributed by atoms with Gasteiger partial charge >= 0.3 is 0 Å². The van der Waals surface area contributed by atoms with Crippen LogP contribution in [0.2, 0.25) is 0 Å². The molecule has 1 saturated carbocycles. The molecule has 1 aliphatic carbocycles. The Kier molecular flexibility index (Phi) is 3.94. The van der Waals surface area contributed by atoms with Gasteiger partial charge < -0.3 is 5.32 Å². The number of nitrogens with zero attached hydrogens (tertiary/aromatic N) is 4. The van der Waals surface area contributed by atoms with Gasteiger partial charge in [-0.2, -0.15) is 5.10 Å². The maximum atomic E-state index is 11.8. The van der Waals surface area contributed by atoms with Crippen LogP contribution in [0.25, 0.3) is 0 Å². The molecule has 0 spiro atoms. The summed E-state index contributed by atoms with van der Waals surface area (Å²) in [5.74, 6) is 1.65. The van der Waals surface area contributed by atoms with Gasteiger partial charge in [-0.1, -0.05) is 0 Å². The fraction of sp³-hybridized carbons (Fsp3) is 0.467. The van der Waals surface area contributed by atoms with Gasteiger partial charge in [0.05, 0.1) is 6.04 Å². The van der Waals surface area contributed by atoms with Gasteiger partial charge in [0.15, 0.2) is 0 Å².